The van der Waals surface area contributed by atoms with Crippen molar-refractivity contribution in [1.82, 2.24) is 4.98 Å². The second kappa shape index (κ2) is 5.97. The molecule has 0 amide bonds. The van der Waals surface area contributed by atoms with Crippen LogP contribution in [0, 0.1) is 11.8 Å². The van der Waals surface area contributed by atoms with Crippen molar-refractivity contribution in [2.24, 2.45) is 11.8 Å². The highest BCUT2D eigenvalue weighted by Crippen LogP contribution is 2.40. The summed E-state index contributed by atoms with van der Waals surface area (Å²) in [6.45, 7) is 3.82. The number of rotatable bonds is 3. The molecular weight excluding hydrogens is 258 g/mol. The summed E-state index contributed by atoms with van der Waals surface area (Å²) in [6.07, 6.45) is 6.65. The SMILES string of the molecule is CC(=O)[C@@H](C)C1CCC(c2ccnc3ccccc23)CC1. The van der Waals surface area contributed by atoms with Crippen LogP contribution in [0.2, 0.25) is 0 Å². The number of carbonyl (C=O) groups is 1. The number of carbonyl (C=O) groups excluding carboxylic acids is 1. The lowest BCUT2D eigenvalue weighted by molar-refractivity contribution is -0.122. The predicted octanol–water partition coefficient (Wildman–Crippen LogP) is 4.73. The van der Waals surface area contributed by atoms with Crippen LogP contribution in [0.3, 0.4) is 0 Å². The Balaban J connectivity index is 1.79. The molecule has 0 radical (unpaired) electrons. The molecule has 0 saturated heterocycles. The van der Waals surface area contributed by atoms with Gasteiger partial charge in [-0.2, -0.15) is 0 Å². The molecule has 21 heavy (non-hydrogen) atoms. The van der Waals surface area contributed by atoms with Gasteiger partial charge in [0, 0.05) is 17.5 Å². The van der Waals surface area contributed by atoms with E-state index in [9.17, 15) is 4.79 Å². The molecule has 110 valence electrons. The van der Waals surface area contributed by atoms with Gasteiger partial charge in [-0.25, -0.2) is 0 Å². The van der Waals surface area contributed by atoms with Gasteiger partial charge in [0.1, 0.15) is 5.78 Å². The zero-order valence-corrected chi connectivity index (χ0v) is 12.9. The molecular formula is C19H23NO. The first kappa shape index (κ1) is 14.2. The first-order valence-corrected chi connectivity index (χ1v) is 8.01. The molecule has 3 rings (SSSR count). The van der Waals surface area contributed by atoms with Gasteiger partial charge in [0.25, 0.3) is 0 Å². The topological polar surface area (TPSA) is 30.0 Å². The molecule has 1 saturated carbocycles. The average Bonchev–Trinajstić information content (AvgIpc) is 2.53. The molecule has 0 aliphatic heterocycles. The summed E-state index contributed by atoms with van der Waals surface area (Å²) in [7, 11) is 0. The molecule has 1 heterocycles. The Hall–Kier alpha value is -1.70. The fourth-order valence-electron chi connectivity index (χ4n) is 3.74. The van der Waals surface area contributed by atoms with Gasteiger partial charge in [0.15, 0.2) is 0 Å². The van der Waals surface area contributed by atoms with Crippen LogP contribution in [0.15, 0.2) is 36.5 Å². The predicted molar refractivity (Wildman–Crippen MR) is 86.3 cm³/mol. The van der Waals surface area contributed by atoms with E-state index in [1.807, 2.05) is 12.3 Å². The van der Waals surface area contributed by atoms with E-state index in [1.54, 1.807) is 6.92 Å². The van der Waals surface area contributed by atoms with E-state index in [2.05, 4.69) is 36.2 Å². The maximum absolute atomic E-state index is 11.6. The highest BCUT2D eigenvalue weighted by molar-refractivity contribution is 5.82. The highest BCUT2D eigenvalue weighted by Gasteiger charge is 2.28. The van der Waals surface area contributed by atoms with Crippen molar-refractivity contribution in [2.75, 3.05) is 0 Å². The molecule has 0 N–H and O–H groups in total. The minimum atomic E-state index is 0.222. The smallest absolute Gasteiger partial charge is 0.132 e. The lowest BCUT2D eigenvalue weighted by atomic mass is 9.73. The van der Waals surface area contributed by atoms with Crippen molar-refractivity contribution in [2.45, 2.75) is 45.4 Å². The van der Waals surface area contributed by atoms with Gasteiger partial charge in [0.05, 0.1) is 5.52 Å². The molecule has 1 aromatic carbocycles. The van der Waals surface area contributed by atoms with E-state index in [-0.39, 0.29) is 5.92 Å². The maximum atomic E-state index is 11.6. The van der Waals surface area contributed by atoms with Crippen molar-refractivity contribution >= 4 is 16.7 Å². The van der Waals surface area contributed by atoms with E-state index in [4.69, 9.17) is 0 Å². The number of hydrogen-bond donors (Lipinski definition) is 0. The number of Topliss-reactive ketones (excluding diaryl/α,β-unsaturated/α-hetero) is 1. The molecule has 2 nitrogen and oxygen atoms in total. The third kappa shape index (κ3) is 2.85. The number of aromatic nitrogens is 1. The second-order valence-electron chi connectivity index (χ2n) is 6.43. The van der Waals surface area contributed by atoms with Gasteiger partial charge < -0.3 is 0 Å². The number of nitrogens with zero attached hydrogens (tertiary/aromatic N) is 1. The fraction of sp³-hybridized carbons (Fsp3) is 0.474. The number of benzene rings is 1. The van der Waals surface area contributed by atoms with Crippen LogP contribution in [-0.4, -0.2) is 10.8 Å². The zero-order valence-electron chi connectivity index (χ0n) is 12.9. The molecule has 2 aromatic rings. The minimum Gasteiger partial charge on any atom is -0.300 e. The molecule has 0 spiro atoms. The number of fused-ring (bicyclic) bond motifs is 1. The summed E-state index contributed by atoms with van der Waals surface area (Å²) in [5.74, 6) is 1.76. The summed E-state index contributed by atoms with van der Waals surface area (Å²) < 4.78 is 0. The fourth-order valence-corrected chi connectivity index (χ4v) is 3.74. The Labute approximate surface area is 126 Å². The van der Waals surface area contributed by atoms with Gasteiger partial charge in [-0.15, -0.1) is 0 Å². The third-order valence-corrected chi connectivity index (χ3v) is 5.24. The number of hydrogen-bond acceptors (Lipinski definition) is 2. The largest absolute Gasteiger partial charge is 0.300 e. The molecule has 1 aromatic heterocycles. The van der Waals surface area contributed by atoms with Crippen LogP contribution in [-0.2, 0) is 4.79 Å². The van der Waals surface area contributed by atoms with Crippen LogP contribution < -0.4 is 0 Å². The molecule has 0 bridgehead atoms. The normalized spacial score (nSPS) is 23.9. The Morgan fingerprint density at radius 2 is 1.86 bits per heavy atom. The van der Waals surface area contributed by atoms with E-state index < -0.39 is 0 Å². The van der Waals surface area contributed by atoms with Gasteiger partial charge in [-0.05, 0) is 62.1 Å². The Morgan fingerprint density at radius 3 is 2.57 bits per heavy atom. The average molecular weight is 281 g/mol. The third-order valence-electron chi connectivity index (χ3n) is 5.24. The van der Waals surface area contributed by atoms with Crippen molar-refractivity contribution in [3.8, 4) is 0 Å². The quantitative estimate of drug-likeness (QED) is 0.813. The van der Waals surface area contributed by atoms with Gasteiger partial charge in [0.2, 0.25) is 0 Å². The van der Waals surface area contributed by atoms with Crippen molar-refractivity contribution in [3.05, 3.63) is 42.1 Å². The minimum absolute atomic E-state index is 0.222. The van der Waals surface area contributed by atoms with Crippen molar-refractivity contribution < 1.29 is 4.79 Å². The Morgan fingerprint density at radius 1 is 1.14 bits per heavy atom. The summed E-state index contributed by atoms with van der Waals surface area (Å²) in [6, 6.07) is 10.6. The number of pyridine rings is 1. The van der Waals surface area contributed by atoms with E-state index >= 15 is 0 Å². The molecule has 0 unspecified atom stereocenters. The monoisotopic (exact) mass is 281 g/mol. The lowest BCUT2D eigenvalue weighted by Crippen LogP contribution is -2.23. The number of para-hydroxylation sites is 1. The van der Waals surface area contributed by atoms with Gasteiger partial charge in [-0.1, -0.05) is 25.1 Å². The summed E-state index contributed by atoms with van der Waals surface area (Å²) in [5, 5.41) is 1.29. The standard InChI is InChI=1S/C19H23NO/c1-13(14(2)21)15-7-9-16(10-8-15)17-11-12-20-19-6-4-3-5-18(17)19/h3-6,11-13,15-16H,7-10H2,1-2H3/t13-,15?,16?/m1/s1. The maximum Gasteiger partial charge on any atom is 0.132 e. The van der Waals surface area contributed by atoms with Gasteiger partial charge >= 0.3 is 0 Å². The highest BCUT2D eigenvalue weighted by atomic mass is 16.1. The Kier molecular flexibility index (Phi) is 4.05. The first-order chi connectivity index (χ1) is 10.2. The molecule has 1 fully saturated rings. The van der Waals surface area contributed by atoms with Crippen LogP contribution in [0.1, 0.15) is 51.0 Å². The molecule has 1 aliphatic carbocycles. The number of ketones is 1. The van der Waals surface area contributed by atoms with Crippen molar-refractivity contribution in [1.29, 1.82) is 0 Å². The van der Waals surface area contributed by atoms with Gasteiger partial charge in [-0.3, -0.25) is 9.78 Å². The van der Waals surface area contributed by atoms with Crippen molar-refractivity contribution in [3.63, 3.8) is 0 Å². The molecule has 2 heteroatoms. The second-order valence-corrected chi connectivity index (χ2v) is 6.43. The summed E-state index contributed by atoms with van der Waals surface area (Å²) in [4.78, 5) is 16.0. The van der Waals surface area contributed by atoms with Crippen LogP contribution in [0.5, 0.6) is 0 Å². The molecule has 1 aliphatic rings. The summed E-state index contributed by atoms with van der Waals surface area (Å²) >= 11 is 0. The van der Waals surface area contributed by atoms with E-state index in [0.717, 1.165) is 5.52 Å². The Bertz CT molecular complexity index is 636. The van der Waals surface area contributed by atoms with Crippen LogP contribution in [0.25, 0.3) is 10.9 Å². The van der Waals surface area contributed by atoms with E-state index in [0.29, 0.717) is 17.6 Å². The van der Waals surface area contributed by atoms with Crippen LogP contribution in [0.4, 0.5) is 0 Å². The first-order valence-electron chi connectivity index (χ1n) is 8.01. The molecule has 1 atom stereocenters. The van der Waals surface area contributed by atoms with E-state index in [1.165, 1.54) is 36.6 Å². The lowest BCUT2D eigenvalue weighted by Gasteiger charge is -2.32. The summed E-state index contributed by atoms with van der Waals surface area (Å²) in [5.41, 5.74) is 2.53. The van der Waals surface area contributed by atoms with Crippen LogP contribution >= 0.6 is 0 Å². The zero-order chi connectivity index (χ0) is 14.8.